The van der Waals surface area contributed by atoms with Gasteiger partial charge in [-0.15, -0.1) is 0 Å². The minimum Gasteiger partial charge on any atom is -0.457 e. The second-order valence-corrected chi connectivity index (χ2v) is 40.5. The predicted molar refractivity (Wildman–Crippen MR) is 551 cm³/mol. The van der Waals surface area contributed by atoms with Crippen molar-refractivity contribution in [1.82, 2.24) is 9.80 Å². The zero-order valence-electron chi connectivity index (χ0n) is 79.2. The molecular weight excluding hydrogens is 1820 g/mol. The Morgan fingerprint density at radius 3 is 0.826 bits per heavy atom. The van der Waals surface area contributed by atoms with Crippen LogP contribution in [0.2, 0.25) is 0 Å². The van der Waals surface area contributed by atoms with E-state index in [2.05, 4.69) is 125 Å². The Morgan fingerprint density at radius 2 is 0.587 bits per heavy atom. The Kier molecular flexibility index (Phi) is 27.9. The average Bonchev–Trinajstić information content (AvgIpc) is 0.668. The van der Waals surface area contributed by atoms with Crippen molar-refractivity contribution in [2.45, 2.75) is 176 Å². The second kappa shape index (κ2) is 39.1. The van der Waals surface area contributed by atoms with Gasteiger partial charge in [0.05, 0.1) is 59.4 Å². The van der Waals surface area contributed by atoms with E-state index in [9.17, 15) is 19.2 Å². The number of carbonyl (C=O) groups excluding carboxylic acids is 10. The Labute approximate surface area is 821 Å². The van der Waals surface area contributed by atoms with E-state index in [1.54, 1.807) is 127 Å². The zero-order chi connectivity index (χ0) is 99.4. The Bertz CT molecular complexity index is 6410. The van der Waals surface area contributed by atoms with Gasteiger partial charge in [-0.25, -0.2) is 0 Å². The number of benzene rings is 13. The molecule has 2 aliphatic heterocycles. The maximum absolute atomic E-state index is 17.4. The molecule has 9 amide bonds. The first-order chi connectivity index (χ1) is 65.3. The lowest BCUT2D eigenvalue weighted by Gasteiger charge is -2.38. The quantitative estimate of drug-likeness (QED) is 0.0158. The van der Waals surface area contributed by atoms with Crippen molar-refractivity contribution in [1.29, 1.82) is 0 Å². The van der Waals surface area contributed by atoms with Gasteiger partial charge in [-0.1, -0.05) is 274 Å². The molecule has 0 radical (unpaired) electrons. The molecule has 2 unspecified atom stereocenters. The highest BCUT2D eigenvalue weighted by atomic mass is 35.5. The molecule has 0 fully saturated rings. The monoisotopic (exact) mass is 1920 g/mol. The lowest BCUT2D eigenvalue weighted by Crippen LogP contribution is -2.54. The van der Waals surface area contributed by atoms with Crippen LogP contribution in [0.5, 0.6) is 46.0 Å². The van der Waals surface area contributed by atoms with E-state index in [4.69, 9.17) is 65.4 Å². The summed E-state index contributed by atoms with van der Waals surface area (Å²) < 4.78 is 30.1. The average molecular weight is 1930 g/mol. The van der Waals surface area contributed by atoms with Gasteiger partial charge < -0.3 is 34.9 Å². The number of nitrogens with one attached hydrogen (secondary N) is 3. The summed E-state index contributed by atoms with van der Waals surface area (Å²) in [6.45, 7) is 43.2. The van der Waals surface area contributed by atoms with E-state index >= 15 is 28.8 Å². The number of allylic oxidation sites excluding steroid dienone is 1. The maximum atomic E-state index is 17.4. The largest absolute Gasteiger partial charge is 0.457 e. The molecule has 0 bridgehead atoms. The number of carbonyl (C=O) groups is 10. The molecule has 0 saturated heterocycles. The third kappa shape index (κ3) is 20.0. The molecular formula is C113H105Cl4N7O14. The van der Waals surface area contributed by atoms with Gasteiger partial charge in [-0.2, -0.15) is 0 Å². The predicted octanol–water partition coefficient (Wildman–Crippen LogP) is 28.1. The van der Waals surface area contributed by atoms with Gasteiger partial charge in [-0.3, -0.25) is 67.5 Å². The molecule has 13 aromatic carbocycles. The van der Waals surface area contributed by atoms with Crippen molar-refractivity contribution in [2.24, 2.45) is 0 Å². The summed E-state index contributed by atoms with van der Waals surface area (Å²) in [5, 5.41) is 8.11. The van der Waals surface area contributed by atoms with Crippen molar-refractivity contribution in [3.05, 3.63) is 315 Å². The molecule has 2 atom stereocenters. The molecule has 0 saturated carbocycles. The third-order valence-corrected chi connectivity index (χ3v) is 25.4. The summed E-state index contributed by atoms with van der Waals surface area (Å²) in [5.74, 6) is -7.14. The van der Waals surface area contributed by atoms with Gasteiger partial charge in [0.1, 0.15) is 58.1 Å². The first-order valence-corrected chi connectivity index (χ1v) is 47.0. The molecule has 13 aromatic rings. The van der Waals surface area contributed by atoms with Crippen LogP contribution < -0.4 is 44.7 Å². The molecule has 2 heterocycles. The first kappa shape index (κ1) is 98.3. The number of amides is 9. The van der Waals surface area contributed by atoms with Gasteiger partial charge in [0, 0.05) is 72.3 Å². The van der Waals surface area contributed by atoms with Crippen LogP contribution in [0.1, 0.15) is 205 Å². The number of anilines is 7. The third-order valence-electron chi connectivity index (χ3n) is 24.7. The zero-order valence-corrected chi connectivity index (χ0v) is 82.3. The van der Waals surface area contributed by atoms with Gasteiger partial charge in [-0.05, 0) is 202 Å². The smallest absolute Gasteiger partial charge is 0.266 e. The van der Waals surface area contributed by atoms with E-state index in [1.807, 2.05) is 62.4 Å². The number of halogens is 4. The summed E-state index contributed by atoms with van der Waals surface area (Å²) in [5.41, 5.74) is 3.35. The van der Waals surface area contributed by atoms with E-state index in [0.29, 0.717) is 18.4 Å². The number of rotatable bonds is 31. The number of fused-ring (bicyclic) bond motifs is 2. The Morgan fingerprint density at radius 1 is 0.333 bits per heavy atom. The molecule has 0 aromatic heterocycles. The fourth-order valence-corrected chi connectivity index (χ4v) is 17.7. The van der Waals surface area contributed by atoms with Crippen LogP contribution in [-0.2, 0) is 56.8 Å². The van der Waals surface area contributed by atoms with Gasteiger partial charge in [0.25, 0.3) is 53.2 Å². The number of hydrogen-bond acceptors (Lipinski definition) is 14. The number of nitrogens with zero attached hydrogens (tertiary/aromatic N) is 4. The van der Waals surface area contributed by atoms with Crippen molar-refractivity contribution >= 4 is 188 Å². The van der Waals surface area contributed by atoms with E-state index in [0.717, 1.165) is 32.1 Å². The topological polar surface area (TPSA) is 257 Å². The number of unbranched alkanes of at least 4 members (excludes halogenated alkanes) is 2. The molecule has 138 heavy (non-hydrogen) atoms. The standard InChI is InChI=1S/C113H105Cl4N7O14/c1-19-21-35-86(108(133)121(74-31-23-27-66(53-74)54-88(125)62(3)114)75-32-24-28-71(55-75)118-101(126)63(4)115)123-104(129)82-58-89(135-78-45-37-67(38-46-78)110(7,8)9)95-97-91(137-80-49-41-69(42-50-80)112(13,14)15)60-84-94-85(107(132)124(106(84)131)87(36-22-20-2)109(134)122(76-33-25-29-72(56-76)119-102(127)64(5)116)77-34-26-30-73(57-77)120-103(128)65(6)117)61-92(138-81-51-43-70(44-52-81)113(16,17)18)98(100(94)97)96-90(59-83(105(123)130)93(82)99(95)96)136-79-47-39-68(40-48-79)111(10,11)12/h23-34,37-53,55-61,86-87H,3-6,19-22,35-36,54H2,1-2,7-18H3,(H,118,126)(H,119,127)(H,120,128). The molecule has 2 aliphatic rings. The molecule has 704 valence electrons. The van der Waals surface area contributed by atoms with Crippen LogP contribution in [0.3, 0.4) is 0 Å². The molecule has 21 nitrogen and oxygen atoms in total. The van der Waals surface area contributed by atoms with Crippen molar-refractivity contribution in [3.63, 3.8) is 0 Å². The van der Waals surface area contributed by atoms with E-state index < -0.39 is 71.0 Å². The second-order valence-electron chi connectivity index (χ2n) is 38.7. The minimum atomic E-state index is -1.68. The maximum Gasteiger partial charge on any atom is 0.266 e. The summed E-state index contributed by atoms with van der Waals surface area (Å²) in [6.07, 6.45) is 0.993. The molecule has 3 N–H and O–H groups in total. The highest BCUT2D eigenvalue weighted by molar-refractivity contribution is 6.47. The highest BCUT2D eigenvalue weighted by Crippen LogP contribution is 2.59. The van der Waals surface area contributed by atoms with Crippen molar-refractivity contribution in [2.75, 3.05) is 25.8 Å². The lowest BCUT2D eigenvalue weighted by atomic mass is 9.80. The summed E-state index contributed by atoms with van der Waals surface area (Å²) in [6, 6.07) is 58.0. The normalized spacial score (nSPS) is 13.2. The summed E-state index contributed by atoms with van der Waals surface area (Å²) >= 11 is 24.7. The molecule has 15 rings (SSSR count). The lowest BCUT2D eigenvalue weighted by molar-refractivity contribution is -0.122. The van der Waals surface area contributed by atoms with Crippen molar-refractivity contribution < 1.29 is 66.9 Å². The Hall–Kier alpha value is -14.2. The van der Waals surface area contributed by atoms with Crippen LogP contribution in [0.25, 0.3) is 43.1 Å². The summed E-state index contributed by atoms with van der Waals surface area (Å²) in [7, 11) is 0. The van der Waals surface area contributed by atoms with E-state index in [-0.39, 0.29) is 225 Å². The number of hydrogen-bond donors (Lipinski definition) is 3. The SMILES string of the molecule is C=C(Cl)C(=O)Cc1cccc(N(C(=O)C(CCCC)N2C(=O)c3cc(Oc4ccc(C(C)(C)C)cc4)c4c5c(Oc6ccc(C(C)(C)C)cc6)cc6c7c(cc(Oc8ccc(C(C)(C)C)cc8)c(c8c(Oc9ccc(C(C)(C)C)cc9)cc(c3c48)C2=O)c75)C(=O)N(C(CCCC)C(=O)N(c2cccc(NC(=O)C(=C)Cl)c2)c2cccc(NC(=O)C(=C)Cl)c2)C6=O)c2cccc(NC(=O)C(=C)Cl)c2)c1. The summed E-state index contributed by atoms with van der Waals surface area (Å²) in [4.78, 5) is 162. The van der Waals surface area contributed by atoms with Gasteiger partial charge in [0.15, 0.2) is 5.78 Å². The number of Topliss-reactive ketones (excluding diaryl/α,β-unsaturated/α-hetero) is 1. The van der Waals surface area contributed by atoms with Crippen LogP contribution in [0.4, 0.5) is 39.8 Å². The number of imide groups is 2. The molecule has 0 spiro atoms. The Balaban J connectivity index is 1.07. The first-order valence-electron chi connectivity index (χ1n) is 45.5. The van der Waals surface area contributed by atoms with Crippen LogP contribution in [0, 0.1) is 0 Å². The minimum absolute atomic E-state index is 0.0301. The van der Waals surface area contributed by atoms with Crippen LogP contribution in [-0.4, -0.2) is 80.8 Å². The fourth-order valence-electron chi connectivity index (χ4n) is 17.5. The highest BCUT2D eigenvalue weighted by Gasteiger charge is 2.49. The number of ether oxygens (including phenoxy) is 4. The fraction of sp³-hybridized carbons (Fsp3) is 0.239. The molecule has 25 heteroatoms. The number of ketones is 1. The molecule has 0 aliphatic carbocycles. The van der Waals surface area contributed by atoms with Gasteiger partial charge >= 0.3 is 0 Å². The van der Waals surface area contributed by atoms with Crippen LogP contribution in [0.15, 0.2) is 265 Å². The van der Waals surface area contributed by atoms with E-state index in [1.165, 1.54) is 52.3 Å². The van der Waals surface area contributed by atoms with Crippen molar-refractivity contribution in [3.8, 4) is 46.0 Å². The van der Waals surface area contributed by atoms with Gasteiger partial charge in [0.2, 0.25) is 0 Å². The van der Waals surface area contributed by atoms with Crippen LogP contribution >= 0.6 is 46.4 Å².